The molecule has 0 aromatic carbocycles. The van der Waals surface area contributed by atoms with Crippen LogP contribution >= 0.6 is 0 Å². The Morgan fingerprint density at radius 1 is 1.42 bits per heavy atom. The molecule has 1 aliphatic rings. The standard InChI is InChI=1S/C13H21N5O/c1-3-16(2)13(19)18-9-7-17(8-10-18)12-11(14)5-4-6-15-12/h4-6H,3,7-10,14H2,1-2H3. The Morgan fingerprint density at radius 3 is 2.68 bits per heavy atom. The normalized spacial score (nSPS) is 15.5. The number of nitrogens with zero attached hydrogens (tertiary/aromatic N) is 4. The topological polar surface area (TPSA) is 65.7 Å². The first-order valence-electron chi connectivity index (χ1n) is 6.59. The van der Waals surface area contributed by atoms with E-state index in [1.54, 1.807) is 11.1 Å². The van der Waals surface area contributed by atoms with E-state index < -0.39 is 0 Å². The molecule has 2 rings (SSSR count). The number of pyridine rings is 1. The van der Waals surface area contributed by atoms with E-state index in [0.29, 0.717) is 18.8 Å². The van der Waals surface area contributed by atoms with Gasteiger partial charge in [-0.05, 0) is 19.1 Å². The second-order valence-electron chi connectivity index (χ2n) is 4.69. The Bertz CT molecular complexity index is 442. The van der Waals surface area contributed by atoms with Gasteiger partial charge in [-0.1, -0.05) is 0 Å². The van der Waals surface area contributed by atoms with Crippen molar-refractivity contribution in [2.45, 2.75) is 6.92 Å². The van der Waals surface area contributed by atoms with Crippen LogP contribution in [-0.2, 0) is 0 Å². The third kappa shape index (κ3) is 2.89. The zero-order valence-corrected chi connectivity index (χ0v) is 11.5. The van der Waals surface area contributed by atoms with Crippen molar-refractivity contribution in [3.8, 4) is 0 Å². The van der Waals surface area contributed by atoms with Crippen molar-refractivity contribution in [3.63, 3.8) is 0 Å². The molecule has 6 heteroatoms. The maximum absolute atomic E-state index is 12.0. The average molecular weight is 263 g/mol. The summed E-state index contributed by atoms with van der Waals surface area (Å²) in [6.07, 6.45) is 1.74. The molecule has 19 heavy (non-hydrogen) atoms. The van der Waals surface area contributed by atoms with Crippen molar-refractivity contribution in [3.05, 3.63) is 18.3 Å². The maximum atomic E-state index is 12.0. The Labute approximate surface area is 113 Å². The highest BCUT2D eigenvalue weighted by Crippen LogP contribution is 2.20. The van der Waals surface area contributed by atoms with Gasteiger partial charge < -0.3 is 20.4 Å². The van der Waals surface area contributed by atoms with E-state index in [0.717, 1.165) is 25.5 Å². The predicted molar refractivity (Wildman–Crippen MR) is 76.1 cm³/mol. The molecule has 1 aromatic heterocycles. The van der Waals surface area contributed by atoms with E-state index in [9.17, 15) is 4.79 Å². The number of carbonyl (C=O) groups excluding carboxylic acids is 1. The number of amides is 2. The van der Waals surface area contributed by atoms with Crippen molar-refractivity contribution in [1.29, 1.82) is 0 Å². The number of anilines is 2. The molecular formula is C13H21N5O. The van der Waals surface area contributed by atoms with Crippen LogP contribution in [0.2, 0.25) is 0 Å². The zero-order valence-electron chi connectivity index (χ0n) is 11.5. The first-order valence-corrected chi connectivity index (χ1v) is 6.59. The minimum absolute atomic E-state index is 0.0937. The first-order chi connectivity index (χ1) is 9.13. The molecule has 0 atom stereocenters. The van der Waals surface area contributed by atoms with Gasteiger partial charge in [0, 0.05) is 46.0 Å². The average Bonchev–Trinajstić information content (AvgIpc) is 2.46. The van der Waals surface area contributed by atoms with E-state index in [-0.39, 0.29) is 6.03 Å². The van der Waals surface area contributed by atoms with Crippen LogP contribution in [-0.4, -0.2) is 60.6 Å². The van der Waals surface area contributed by atoms with E-state index in [4.69, 9.17) is 5.73 Å². The van der Waals surface area contributed by atoms with Crippen molar-refractivity contribution in [2.24, 2.45) is 0 Å². The molecule has 1 aliphatic heterocycles. The second-order valence-corrected chi connectivity index (χ2v) is 4.69. The molecular weight excluding hydrogens is 242 g/mol. The van der Waals surface area contributed by atoms with Crippen molar-refractivity contribution in [2.75, 3.05) is 50.4 Å². The van der Waals surface area contributed by atoms with Gasteiger partial charge in [0.05, 0.1) is 5.69 Å². The zero-order chi connectivity index (χ0) is 13.8. The van der Waals surface area contributed by atoms with Gasteiger partial charge in [0.15, 0.2) is 5.82 Å². The van der Waals surface area contributed by atoms with E-state index in [1.165, 1.54) is 0 Å². The van der Waals surface area contributed by atoms with Crippen molar-refractivity contribution < 1.29 is 4.79 Å². The van der Waals surface area contributed by atoms with Crippen LogP contribution in [0, 0.1) is 0 Å². The fourth-order valence-electron chi connectivity index (χ4n) is 2.16. The van der Waals surface area contributed by atoms with Gasteiger partial charge in [-0.25, -0.2) is 9.78 Å². The SMILES string of the molecule is CCN(C)C(=O)N1CCN(c2ncccc2N)CC1. The number of hydrogen-bond donors (Lipinski definition) is 1. The van der Waals surface area contributed by atoms with Gasteiger partial charge >= 0.3 is 6.03 Å². The lowest BCUT2D eigenvalue weighted by atomic mass is 10.3. The number of nitrogen functional groups attached to an aromatic ring is 1. The lowest BCUT2D eigenvalue weighted by molar-refractivity contribution is 0.161. The molecule has 0 saturated carbocycles. The van der Waals surface area contributed by atoms with E-state index >= 15 is 0 Å². The maximum Gasteiger partial charge on any atom is 0.319 e. The van der Waals surface area contributed by atoms with Crippen molar-refractivity contribution >= 4 is 17.5 Å². The Hall–Kier alpha value is -1.98. The Morgan fingerprint density at radius 2 is 2.11 bits per heavy atom. The third-order valence-electron chi connectivity index (χ3n) is 3.47. The molecule has 0 spiro atoms. The van der Waals surface area contributed by atoms with Crippen LogP contribution in [0.25, 0.3) is 0 Å². The minimum Gasteiger partial charge on any atom is -0.396 e. The van der Waals surface area contributed by atoms with Gasteiger partial charge in [0.2, 0.25) is 0 Å². The largest absolute Gasteiger partial charge is 0.396 e. The summed E-state index contributed by atoms with van der Waals surface area (Å²) in [4.78, 5) is 22.1. The molecule has 0 bridgehead atoms. The highest BCUT2D eigenvalue weighted by atomic mass is 16.2. The number of piperazine rings is 1. The monoisotopic (exact) mass is 263 g/mol. The molecule has 0 radical (unpaired) electrons. The lowest BCUT2D eigenvalue weighted by Crippen LogP contribution is -2.52. The van der Waals surface area contributed by atoms with Gasteiger partial charge in [-0.2, -0.15) is 0 Å². The van der Waals surface area contributed by atoms with Gasteiger partial charge in [-0.3, -0.25) is 0 Å². The number of nitrogens with two attached hydrogens (primary N) is 1. The predicted octanol–water partition coefficient (Wildman–Crippen LogP) is 0.857. The highest BCUT2D eigenvalue weighted by molar-refractivity contribution is 5.74. The molecule has 1 fully saturated rings. The van der Waals surface area contributed by atoms with Crippen LogP contribution < -0.4 is 10.6 Å². The molecule has 1 saturated heterocycles. The number of rotatable bonds is 2. The summed E-state index contributed by atoms with van der Waals surface area (Å²) in [5, 5.41) is 0. The fraction of sp³-hybridized carbons (Fsp3) is 0.538. The molecule has 6 nitrogen and oxygen atoms in total. The Kier molecular flexibility index (Phi) is 4.09. The van der Waals surface area contributed by atoms with Crippen LogP contribution in [0.1, 0.15) is 6.92 Å². The molecule has 1 aromatic rings. The number of hydrogen-bond acceptors (Lipinski definition) is 4. The van der Waals surface area contributed by atoms with Crippen LogP contribution in [0.5, 0.6) is 0 Å². The summed E-state index contributed by atoms with van der Waals surface area (Å²) >= 11 is 0. The summed E-state index contributed by atoms with van der Waals surface area (Å²) in [7, 11) is 1.82. The second kappa shape index (κ2) is 5.77. The quantitative estimate of drug-likeness (QED) is 0.859. The number of urea groups is 1. The summed E-state index contributed by atoms with van der Waals surface area (Å²) in [5.41, 5.74) is 6.61. The van der Waals surface area contributed by atoms with Gasteiger partial charge in [-0.15, -0.1) is 0 Å². The summed E-state index contributed by atoms with van der Waals surface area (Å²) in [6.45, 7) is 5.66. The third-order valence-corrected chi connectivity index (χ3v) is 3.47. The number of aromatic nitrogens is 1. The van der Waals surface area contributed by atoms with Crippen LogP contribution in [0.15, 0.2) is 18.3 Å². The van der Waals surface area contributed by atoms with Gasteiger partial charge in [0.25, 0.3) is 0 Å². The molecule has 2 N–H and O–H groups in total. The minimum atomic E-state index is 0.0937. The van der Waals surface area contributed by atoms with Crippen LogP contribution in [0.3, 0.4) is 0 Å². The van der Waals surface area contributed by atoms with Gasteiger partial charge in [0.1, 0.15) is 0 Å². The van der Waals surface area contributed by atoms with Crippen molar-refractivity contribution in [1.82, 2.24) is 14.8 Å². The molecule has 2 heterocycles. The summed E-state index contributed by atoms with van der Waals surface area (Å²) in [5.74, 6) is 0.818. The number of carbonyl (C=O) groups is 1. The lowest BCUT2D eigenvalue weighted by Gasteiger charge is -2.37. The summed E-state index contributed by atoms with van der Waals surface area (Å²) in [6, 6.07) is 3.77. The van der Waals surface area contributed by atoms with Crippen LogP contribution in [0.4, 0.5) is 16.3 Å². The van der Waals surface area contributed by atoms with E-state index in [1.807, 2.05) is 31.0 Å². The first kappa shape index (κ1) is 13.5. The smallest absolute Gasteiger partial charge is 0.319 e. The molecule has 2 amide bonds. The molecule has 0 aliphatic carbocycles. The molecule has 104 valence electrons. The fourth-order valence-corrected chi connectivity index (χ4v) is 2.16. The molecule has 0 unspecified atom stereocenters. The van der Waals surface area contributed by atoms with E-state index in [2.05, 4.69) is 9.88 Å². The summed E-state index contributed by atoms with van der Waals surface area (Å²) < 4.78 is 0. The highest BCUT2D eigenvalue weighted by Gasteiger charge is 2.24. The Balaban J connectivity index is 1.96.